The predicted octanol–water partition coefficient (Wildman–Crippen LogP) is 2.33. The van der Waals surface area contributed by atoms with Crippen LogP contribution in [0.1, 0.15) is 40.5 Å². The van der Waals surface area contributed by atoms with E-state index in [0.29, 0.717) is 0 Å². The van der Waals surface area contributed by atoms with Crippen LogP contribution in [-0.4, -0.2) is 30.8 Å². The fraction of sp³-hybridized carbons (Fsp3) is 0.909. The van der Waals surface area contributed by atoms with Gasteiger partial charge in [-0.3, -0.25) is 0 Å². The Morgan fingerprint density at radius 1 is 1.31 bits per heavy atom. The minimum Gasteiger partial charge on any atom is -0.303 e. The van der Waals surface area contributed by atoms with Crippen LogP contribution in [0, 0.1) is 5.41 Å². The van der Waals surface area contributed by atoms with Gasteiger partial charge in [0.15, 0.2) is 0 Å². The van der Waals surface area contributed by atoms with Gasteiger partial charge in [-0.25, -0.2) is 0 Å². The number of carbonyl (C=O) groups excluding carboxylic acids is 1. The predicted molar refractivity (Wildman–Crippen MR) is 56.9 cm³/mol. The molecular weight excluding hydrogens is 162 g/mol. The molecule has 2 heteroatoms. The quantitative estimate of drug-likeness (QED) is 0.567. The number of rotatable bonds is 7. The molecule has 0 aromatic heterocycles. The molecule has 13 heavy (non-hydrogen) atoms. The summed E-state index contributed by atoms with van der Waals surface area (Å²) < 4.78 is 0. The van der Waals surface area contributed by atoms with Crippen molar-refractivity contribution in [1.82, 2.24) is 4.90 Å². The molecular formula is C11H23NO. The Kier molecular flexibility index (Phi) is 5.97. The van der Waals surface area contributed by atoms with Crippen LogP contribution in [0.25, 0.3) is 0 Å². The van der Waals surface area contributed by atoms with Crippen LogP contribution in [-0.2, 0) is 4.79 Å². The lowest BCUT2D eigenvalue weighted by Crippen LogP contribution is -2.37. The SMILES string of the molecule is CCCN(CC)CC(C)(C=O)CC. The zero-order valence-corrected chi connectivity index (χ0v) is 9.47. The summed E-state index contributed by atoms with van der Waals surface area (Å²) in [7, 11) is 0. The molecule has 0 amide bonds. The number of carbonyl (C=O) groups is 1. The van der Waals surface area contributed by atoms with Gasteiger partial charge in [-0.2, -0.15) is 0 Å². The number of hydrogen-bond donors (Lipinski definition) is 0. The molecule has 0 aliphatic rings. The van der Waals surface area contributed by atoms with Crippen LogP contribution in [0.4, 0.5) is 0 Å². The fourth-order valence-corrected chi connectivity index (χ4v) is 1.41. The first-order valence-corrected chi connectivity index (χ1v) is 5.30. The molecule has 0 N–H and O–H groups in total. The summed E-state index contributed by atoms with van der Waals surface area (Å²) in [4.78, 5) is 13.2. The monoisotopic (exact) mass is 185 g/mol. The van der Waals surface area contributed by atoms with Crippen LogP contribution in [0.5, 0.6) is 0 Å². The van der Waals surface area contributed by atoms with Crippen LogP contribution >= 0.6 is 0 Å². The van der Waals surface area contributed by atoms with E-state index in [2.05, 4.69) is 25.7 Å². The molecule has 78 valence electrons. The summed E-state index contributed by atoms with van der Waals surface area (Å²) in [5.41, 5.74) is -0.148. The smallest absolute Gasteiger partial charge is 0.127 e. The van der Waals surface area contributed by atoms with E-state index in [1.54, 1.807) is 0 Å². The normalized spacial score (nSPS) is 15.8. The summed E-state index contributed by atoms with van der Waals surface area (Å²) in [6, 6.07) is 0. The molecule has 0 radical (unpaired) electrons. The van der Waals surface area contributed by atoms with E-state index >= 15 is 0 Å². The second-order valence-electron chi connectivity index (χ2n) is 3.99. The second-order valence-corrected chi connectivity index (χ2v) is 3.99. The molecule has 0 aromatic rings. The fourth-order valence-electron chi connectivity index (χ4n) is 1.41. The van der Waals surface area contributed by atoms with E-state index in [0.717, 1.165) is 38.8 Å². The summed E-state index contributed by atoms with van der Waals surface area (Å²) in [5.74, 6) is 0. The van der Waals surface area contributed by atoms with Crippen molar-refractivity contribution in [3.05, 3.63) is 0 Å². The van der Waals surface area contributed by atoms with Gasteiger partial charge in [0.25, 0.3) is 0 Å². The Bertz CT molecular complexity index is 147. The van der Waals surface area contributed by atoms with Crippen molar-refractivity contribution in [2.75, 3.05) is 19.6 Å². The highest BCUT2D eigenvalue weighted by Crippen LogP contribution is 2.19. The number of nitrogens with zero attached hydrogens (tertiary/aromatic N) is 1. The van der Waals surface area contributed by atoms with Gasteiger partial charge < -0.3 is 9.69 Å². The summed E-state index contributed by atoms with van der Waals surface area (Å²) >= 11 is 0. The van der Waals surface area contributed by atoms with Crippen LogP contribution in [0.3, 0.4) is 0 Å². The lowest BCUT2D eigenvalue weighted by Gasteiger charge is -2.29. The average molecular weight is 185 g/mol. The van der Waals surface area contributed by atoms with Gasteiger partial charge in [-0.15, -0.1) is 0 Å². The van der Waals surface area contributed by atoms with Crippen LogP contribution in [0.15, 0.2) is 0 Å². The van der Waals surface area contributed by atoms with E-state index in [4.69, 9.17) is 0 Å². The highest BCUT2D eigenvalue weighted by molar-refractivity contribution is 5.58. The molecule has 1 atom stereocenters. The minimum absolute atomic E-state index is 0.148. The van der Waals surface area contributed by atoms with Crippen molar-refractivity contribution in [3.8, 4) is 0 Å². The molecule has 0 bridgehead atoms. The van der Waals surface area contributed by atoms with E-state index < -0.39 is 0 Å². The van der Waals surface area contributed by atoms with Crippen LogP contribution in [0.2, 0.25) is 0 Å². The Hall–Kier alpha value is -0.370. The number of hydrogen-bond acceptors (Lipinski definition) is 2. The molecule has 0 aliphatic carbocycles. The van der Waals surface area contributed by atoms with Crippen LogP contribution < -0.4 is 0 Å². The Morgan fingerprint density at radius 3 is 2.23 bits per heavy atom. The Morgan fingerprint density at radius 2 is 1.92 bits per heavy atom. The molecule has 0 fully saturated rings. The standard InChI is InChI=1S/C11H23NO/c1-5-8-12(7-3)9-11(4,6-2)10-13/h10H,5-9H2,1-4H3. The van der Waals surface area contributed by atoms with Crippen molar-refractivity contribution in [2.24, 2.45) is 5.41 Å². The highest BCUT2D eigenvalue weighted by Gasteiger charge is 2.23. The van der Waals surface area contributed by atoms with Gasteiger partial charge in [-0.05, 0) is 25.9 Å². The third-order valence-corrected chi connectivity index (χ3v) is 2.66. The molecule has 0 aliphatic heterocycles. The Balaban J connectivity index is 4.10. The van der Waals surface area contributed by atoms with Crippen molar-refractivity contribution < 1.29 is 4.79 Å². The van der Waals surface area contributed by atoms with Crippen molar-refractivity contribution in [3.63, 3.8) is 0 Å². The maximum absolute atomic E-state index is 10.9. The lowest BCUT2D eigenvalue weighted by atomic mass is 9.89. The third-order valence-electron chi connectivity index (χ3n) is 2.66. The van der Waals surface area contributed by atoms with Crippen molar-refractivity contribution >= 4 is 6.29 Å². The van der Waals surface area contributed by atoms with E-state index in [1.807, 2.05) is 6.92 Å². The number of aldehydes is 1. The van der Waals surface area contributed by atoms with E-state index in [-0.39, 0.29) is 5.41 Å². The third kappa shape index (κ3) is 4.41. The molecule has 0 saturated heterocycles. The molecule has 2 nitrogen and oxygen atoms in total. The van der Waals surface area contributed by atoms with Gasteiger partial charge >= 0.3 is 0 Å². The molecule has 0 heterocycles. The van der Waals surface area contributed by atoms with Gasteiger partial charge in [0.2, 0.25) is 0 Å². The first kappa shape index (κ1) is 12.6. The first-order chi connectivity index (χ1) is 6.11. The zero-order chi connectivity index (χ0) is 10.3. The first-order valence-electron chi connectivity index (χ1n) is 5.30. The zero-order valence-electron chi connectivity index (χ0n) is 9.47. The van der Waals surface area contributed by atoms with Crippen molar-refractivity contribution in [1.29, 1.82) is 0 Å². The van der Waals surface area contributed by atoms with Crippen molar-refractivity contribution in [2.45, 2.75) is 40.5 Å². The van der Waals surface area contributed by atoms with E-state index in [9.17, 15) is 4.79 Å². The maximum atomic E-state index is 10.9. The molecule has 0 aromatic carbocycles. The largest absolute Gasteiger partial charge is 0.303 e. The molecule has 1 unspecified atom stereocenters. The van der Waals surface area contributed by atoms with Gasteiger partial charge in [0.05, 0.1) is 0 Å². The molecule has 0 spiro atoms. The van der Waals surface area contributed by atoms with E-state index in [1.165, 1.54) is 0 Å². The summed E-state index contributed by atoms with van der Waals surface area (Å²) in [6.45, 7) is 11.5. The highest BCUT2D eigenvalue weighted by atomic mass is 16.1. The van der Waals surface area contributed by atoms with Gasteiger partial charge in [0.1, 0.15) is 6.29 Å². The van der Waals surface area contributed by atoms with Gasteiger partial charge in [0, 0.05) is 12.0 Å². The van der Waals surface area contributed by atoms with Gasteiger partial charge in [-0.1, -0.05) is 27.7 Å². The lowest BCUT2D eigenvalue weighted by molar-refractivity contribution is -0.116. The maximum Gasteiger partial charge on any atom is 0.127 e. The summed E-state index contributed by atoms with van der Waals surface area (Å²) in [5, 5.41) is 0. The minimum atomic E-state index is -0.148. The average Bonchev–Trinajstić information content (AvgIpc) is 2.17. The second kappa shape index (κ2) is 6.14. The topological polar surface area (TPSA) is 20.3 Å². The summed E-state index contributed by atoms with van der Waals surface area (Å²) in [6.07, 6.45) is 3.19. The molecule has 0 saturated carbocycles. The molecule has 0 rings (SSSR count). The Labute approximate surface area is 82.3 Å².